The monoisotopic (exact) mass is 254 g/mol. The van der Waals surface area contributed by atoms with Crippen LogP contribution in [0.25, 0.3) is 11.4 Å². The Kier molecular flexibility index (Phi) is 3.51. The zero-order valence-electron chi connectivity index (χ0n) is 11.1. The normalized spacial score (nSPS) is 18.1. The van der Waals surface area contributed by atoms with E-state index in [9.17, 15) is 0 Å². The van der Waals surface area contributed by atoms with E-state index in [1.165, 1.54) is 17.7 Å². The van der Waals surface area contributed by atoms with Gasteiger partial charge in [0, 0.05) is 29.8 Å². The largest absolute Gasteiger partial charge is 0.319 e. The third-order valence-electron chi connectivity index (χ3n) is 3.68. The average Bonchev–Trinajstić information content (AvgIpc) is 2.48. The summed E-state index contributed by atoms with van der Waals surface area (Å²) in [6.45, 7) is 1.07. The van der Waals surface area contributed by atoms with Crippen molar-refractivity contribution in [2.45, 2.75) is 19.3 Å². The maximum atomic E-state index is 4.72. The molecule has 1 aliphatic carbocycles. The molecule has 0 aromatic carbocycles. The Labute approximate surface area is 113 Å². The Balaban J connectivity index is 1.86. The van der Waals surface area contributed by atoms with Crippen LogP contribution in [0.3, 0.4) is 0 Å². The van der Waals surface area contributed by atoms with Gasteiger partial charge in [0.05, 0.1) is 0 Å². The standard InChI is InChI=1S/C15H18N4/c1-16-9-11-2-3-14-13(8-11)10-18-15(19-14)12-4-6-17-7-5-12/h4-7,10-11,16H,2-3,8-9H2,1H3. The van der Waals surface area contributed by atoms with Gasteiger partial charge in [0.15, 0.2) is 5.82 Å². The fraction of sp³-hybridized carbons (Fsp3) is 0.400. The van der Waals surface area contributed by atoms with Crippen LogP contribution >= 0.6 is 0 Å². The zero-order chi connectivity index (χ0) is 13.1. The average molecular weight is 254 g/mol. The van der Waals surface area contributed by atoms with Crippen molar-refractivity contribution in [1.29, 1.82) is 0 Å². The smallest absolute Gasteiger partial charge is 0.159 e. The summed E-state index contributed by atoms with van der Waals surface area (Å²) in [6, 6.07) is 3.91. The van der Waals surface area contributed by atoms with E-state index in [-0.39, 0.29) is 0 Å². The van der Waals surface area contributed by atoms with Crippen LogP contribution in [-0.4, -0.2) is 28.5 Å². The Hall–Kier alpha value is -1.81. The third kappa shape index (κ3) is 2.63. The van der Waals surface area contributed by atoms with Gasteiger partial charge in [-0.1, -0.05) is 0 Å². The lowest BCUT2D eigenvalue weighted by atomic mass is 9.87. The second-order valence-electron chi connectivity index (χ2n) is 5.07. The van der Waals surface area contributed by atoms with Gasteiger partial charge in [-0.25, -0.2) is 9.97 Å². The quantitative estimate of drug-likeness (QED) is 0.908. The molecule has 2 aromatic heterocycles. The summed E-state index contributed by atoms with van der Waals surface area (Å²) < 4.78 is 0. The van der Waals surface area contributed by atoms with Crippen molar-refractivity contribution in [2.75, 3.05) is 13.6 Å². The molecule has 0 spiro atoms. The number of nitrogens with zero attached hydrogens (tertiary/aromatic N) is 3. The number of hydrogen-bond donors (Lipinski definition) is 1. The molecular weight excluding hydrogens is 236 g/mol. The van der Waals surface area contributed by atoms with Crippen LogP contribution in [0.1, 0.15) is 17.7 Å². The van der Waals surface area contributed by atoms with Crippen LogP contribution in [0.5, 0.6) is 0 Å². The van der Waals surface area contributed by atoms with Gasteiger partial charge >= 0.3 is 0 Å². The maximum Gasteiger partial charge on any atom is 0.159 e. The minimum absolute atomic E-state index is 0.716. The van der Waals surface area contributed by atoms with Crippen LogP contribution in [0.2, 0.25) is 0 Å². The van der Waals surface area contributed by atoms with Crippen molar-refractivity contribution in [1.82, 2.24) is 20.3 Å². The molecule has 4 nitrogen and oxygen atoms in total. The highest BCUT2D eigenvalue weighted by Crippen LogP contribution is 2.25. The molecular formula is C15H18N4. The van der Waals surface area contributed by atoms with Gasteiger partial charge in [0.25, 0.3) is 0 Å². The van der Waals surface area contributed by atoms with E-state index in [2.05, 4.69) is 15.3 Å². The lowest BCUT2D eigenvalue weighted by Crippen LogP contribution is -2.25. The van der Waals surface area contributed by atoms with Crippen molar-refractivity contribution in [3.8, 4) is 11.4 Å². The minimum Gasteiger partial charge on any atom is -0.319 e. The molecule has 19 heavy (non-hydrogen) atoms. The second-order valence-corrected chi connectivity index (χ2v) is 5.07. The summed E-state index contributed by atoms with van der Waals surface area (Å²) in [5.41, 5.74) is 3.56. The summed E-state index contributed by atoms with van der Waals surface area (Å²) in [5, 5.41) is 3.26. The number of rotatable bonds is 3. The summed E-state index contributed by atoms with van der Waals surface area (Å²) >= 11 is 0. The molecule has 1 atom stereocenters. The molecule has 1 aliphatic rings. The number of nitrogens with one attached hydrogen (secondary N) is 1. The second kappa shape index (κ2) is 5.45. The van der Waals surface area contributed by atoms with E-state index in [1.54, 1.807) is 12.4 Å². The molecule has 0 saturated carbocycles. The van der Waals surface area contributed by atoms with Crippen LogP contribution in [-0.2, 0) is 12.8 Å². The van der Waals surface area contributed by atoms with Crippen molar-refractivity contribution >= 4 is 0 Å². The van der Waals surface area contributed by atoms with Gasteiger partial charge in [-0.15, -0.1) is 0 Å². The first-order valence-corrected chi connectivity index (χ1v) is 6.76. The van der Waals surface area contributed by atoms with Gasteiger partial charge < -0.3 is 5.32 Å². The molecule has 1 unspecified atom stereocenters. The highest BCUT2D eigenvalue weighted by atomic mass is 14.9. The number of hydrogen-bond acceptors (Lipinski definition) is 4. The SMILES string of the molecule is CNCC1CCc2nc(-c3ccncc3)ncc2C1. The summed E-state index contributed by atoms with van der Waals surface area (Å²) in [6.07, 6.45) is 8.91. The van der Waals surface area contributed by atoms with Crippen molar-refractivity contribution < 1.29 is 0 Å². The fourth-order valence-corrected chi connectivity index (χ4v) is 2.69. The van der Waals surface area contributed by atoms with E-state index in [0.717, 1.165) is 30.8 Å². The fourth-order valence-electron chi connectivity index (χ4n) is 2.69. The third-order valence-corrected chi connectivity index (χ3v) is 3.68. The molecule has 0 fully saturated rings. The van der Waals surface area contributed by atoms with Crippen molar-refractivity contribution in [3.63, 3.8) is 0 Å². The number of fused-ring (bicyclic) bond motifs is 1. The molecule has 4 heteroatoms. The number of aryl methyl sites for hydroxylation is 1. The van der Waals surface area contributed by atoms with E-state index in [1.807, 2.05) is 25.4 Å². The summed E-state index contributed by atoms with van der Waals surface area (Å²) in [4.78, 5) is 13.2. The molecule has 0 radical (unpaired) electrons. The van der Waals surface area contributed by atoms with E-state index < -0.39 is 0 Å². The topological polar surface area (TPSA) is 50.7 Å². The molecule has 0 bridgehead atoms. The van der Waals surface area contributed by atoms with E-state index in [4.69, 9.17) is 4.98 Å². The van der Waals surface area contributed by atoms with Crippen molar-refractivity contribution in [3.05, 3.63) is 42.0 Å². The van der Waals surface area contributed by atoms with Crippen LogP contribution in [0.15, 0.2) is 30.7 Å². The lowest BCUT2D eigenvalue weighted by molar-refractivity contribution is 0.434. The van der Waals surface area contributed by atoms with Gasteiger partial charge in [-0.2, -0.15) is 0 Å². The number of aromatic nitrogens is 3. The van der Waals surface area contributed by atoms with Crippen LogP contribution in [0, 0.1) is 5.92 Å². The van der Waals surface area contributed by atoms with E-state index >= 15 is 0 Å². The lowest BCUT2D eigenvalue weighted by Gasteiger charge is -2.23. The Morgan fingerprint density at radius 2 is 2.16 bits per heavy atom. The molecule has 0 saturated heterocycles. The number of pyridine rings is 1. The Morgan fingerprint density at radius 3 is 2.95 bits per heavy atom. The van der Waals surface area contributed by atoms with Crippen LogP contribution < -0.4 is 5.32 Å². The zero-order valence-corrected chi connectivity index (χ0v) is 11.1. The molecule has 2 heterocycles. The first-order valence-electron chi connectivity index (χ1n) is 6.76. The van der Waals surface area contributed by atoms with Crippen molar-refractivity contribution in [2.24, 2.45) is 5.92 Å². The van der Waals surface area contributed by atoms with Crippen LogP contribution in [0.4, 0.5) is 0 Å². The molecule has 2 aromatic rings. The Morgan fingerprint density at radius 1 is 1.32 bits per heavy atom. The van der Waals surface area contributed by atoms with Gasteiger partial charge in [-0.3, -0.25) is 4.98 Å². The highest BCUT2D eigenvalue weighted by molar-refractivity contribution is 5.54. The predicted octanol–water partition coefficient (Wildman–Crippen LogP) is 1.86. The predicted molar refractivity (Wildman–Crippen MR) is 74.7 cm³/mol. The molecule has 0 amide bonds. The van der Waals surface area contributed by atoms with E-state index in [0.29, 0.717) is 5.92 Å². The molecule has 0 aliphatic heterocycles. The Bertz CT molecular complexity index is 553. The minimum atomic E-state index is 0.716. The van der Waals surface area contributed by atoms with Gasteiger partial charge in [0.1, 0.15) is 0 Å². The molecule has 3 rings (SSSR count). The summed E-state index contributed by atoms with van der Waals surface area (Å²) in [5.74, 6) is 1.53. The molecule has 98 valence electrons. The first kappa shape index (κ1) is 12.2. The van der Waals surface area contributed by atoms with Gasteiger partial charge in [-0.05, 0) is 56.5 Å². The first-order chi connectivity index (χ1) is 9.36. The van der Waals surface area contributed by atoms with Gasteiger partial charge in [0.2, 0.25) is 0 Å². The molecule has 1 N–H and O–H groups in total. The summed E-state index contributed by atoms with van der Waals surface area (Å²) in [7, 11) is 2.01. The maximum absolute atomic E-state index is 4.72. The highest BCUT2D eigenvalue weighted by Gasteiger charge is 2.20.